The molecule has 0 saturated carbocycles. The van der Waals surface area contributed by atoms with Crippen molar-refractivity contribution in [1.82, 2.24) is 0 Å². The van der Waals surface area contributed by atoms with Gasteiger partial charge < -0.3 is 15.9 Å². The molecule has 1 aromatic carbocycles. The zero-order valence-corrected chi connectivity index (χ0v) is 8.32. The number of sulfone groups is 1. The molecule has 0 radical (unpaired) electrons. The molecule has 78 valence electrons. The van der Waals surface area contributed by atoms with E-state index in [-0.39, 0.29) is 16.3 Å². The Morgan fingerprint density at radius 1 is 1.43 bits per heavy atom. The van der Waals surface area contributed by atoms with Gasteiger partial charge in [0, 0.05) is 6.07 Å². The lowest BCUT2D eigenvalue weighted by atomic mass is 10.3. The van der Waals surface area contributed by atoms with Crippen LogP contribution in [0.1, 0.15) is 6.92 Å². The largest absolute Gasteiger partial charge is 0.506 e. The lowest BCUT2D eigenvalue weighted by Crippen LogP contribution is -2.16. The second-order valence-electron chi connectivity index (χ2n) is 2.86. The number of benzene rings is 1. The molecule has 4 N–H and O–H groups in total. The molecule has 5 nitrogen and oxygen atoms in total. The number of hydrogen-bond acceptors (Lipinski definition) is 5. The minimum Gasteiger partial charge on any atom is -0.506 e. The molecule has 1 aromatic rings. The molecule has 14 heavy (non-hydrogen) atoms. The Kier molecular flexibility index (Phi) is 2.68. The molecule has 1 unspecified atom stereocenters. The van der Waals surface area contributed by atoms with E-state index in [4.69, 9.17) is 10.8 Å². The zero-order valence-electron chi connectivity index (χ0n) is 7.51. The average Bonchev–Trinajstić information content (AvgIpc) is 2.09. The first-order chi connectivity index (χ1) is 6.35. The van der Waals surface area contributed by atoms with Crippen LogP contribution in [0.3, 0.4) is 0 Å². The predicted molar refractivity (Wildman–Crippen MR) is 51.4 cm³/mol. The monoisotopic (exact) mass is 217 g/mol. The molecule has 0 bridgehead atoms. The number of nitrogen functional groups attached to an aromatic ring is 1. The quantitative estimate of drug-likeness (QED) is 0.481. The van der Waals surface area contributed by atoms with E-state index in [1.54, 1.807) is 0 Å². The number of phenolic OH excluding ortho intramolecular Hbond substituents is 1. The first kappa shape index (κ1) is 10.8. The van der Waals surface area contributed by atoms with Crippen LogP contribution in [0, 0.1) is 0 Å². The van der Waals surface area contributed by atoms with Gasteiger partial charge in [-0.2, -0.15) is 0 Å². The Morgan fingerprint density at radius 3 is 2.43 bits per heavy atom. The van der Waals surface area contributed by atoms with Gasteiger partial charge in [-0.1, -0.05) is 0 Å². The lowest BCUT2D eigenvalue weighted by Gasteiger charge is -2.07. The fraction of sp³-hybridized carbons (Fsp3) is 0.250. The van der Waals surface area contributed by atoms with Crippen molar-refractivity contribution in [3.8, 4) is 5.75 Å². The lowest BCUT2D eigenvalue weighted by molar-refractivity contribution is 0.268. The number of anilines is 1. The molecule has 0 fully saturated rings. The highest BCUT2D eigenvalue weighted by molar-refractivity contribution is 7.91. The van der Waals surface area contributed by atoms with Crippen molar-refractivity contribution in [2.45, 2.75) is 17.3 Å². The van der Waals surface area contributed by atoms with Gasteiger partial charge in [0.15, 0.2) is 5.44 Å². The Bertz CT molecular complexity index is 439. The maximum atomic E-state index is 11.4. The van der Waals surface area contributed by atoms with Gasteiger partial charge in [0.2, 0.25) is 9.84 Å². The van der Waals surface area contributed by atoms with E-state index in [2.05, 4.69) is 0 Å². The second kappa shape index (κ2) is 3.47. The maximum Gasteiger partial charge on any atom is 0.204 e. The highest BCUT2D eigenvalue weighted by Crippen LogP contribution is 2.25. The van der Waals surface area contributed by atoms with E-state index >= 15 is 0 Å². The fourth-order valence-corrected chi connectivity index (χ4v) is 1.82. The summed E-state index contributed by atoms with van der Waals surface area (Å²) in [4.78, 5) is -0.154. The van der Waals surface area contributed by atoms with Crippen molar-refractivity contribution in [1.29, 1.82) is 0 Å². The van der Waals surface area contributed by atoms with E-state index in [0.717, 1.165) is 13.0 Å². The summed E-state index contributed by atoms with van der Waals surface area (Å²) in [5.74, 6) is -0.313. The van der Waals surface area contributed by atoms with Gasteiger partial charge in [0.25, 0.3) is 0 Å². The Hall–Kier alpha value is -1.27. The van der Waals surface area contributed by atoms with Crippen LogP contribution in [0.15, 0.2) is 23.1 Å². The Balaban J connectivity index is 3.29. The van der Waals surface area contributed by atoms with Crippen LogP contribution in [0.25, 0.3) is 0 Å². The molecular weight excluding hydrogens is 206 g/mol. The van der Waals surface area contributed by atoms with Gasteiger partial charge in [0.1, 0.15) is 5.75 Å². The number of aliphatic hydroxyl groups is 1. The van der Waals surface area contributed by atoms with Crippen LogP contribution in [-0.2, 0) is 9.84 Å². The van der Waals surface area contributed by atoms with E-state index < -0.39 is 15.3 Å². The van der Waals surface area contributed by atoms with Crippen molar-refractivity contribution < 1.29 is 18.6 Å². The van der Waals surface area contributed by atoms with Gasteiger partial charge in [-0.3, -0.25) is 0 Å². The van der Waals surface area contributed by atoms with Gasteiger partial charge >= 0.3 is 0 Å². The van der Waals surface area contributed by atoms with Gasteiger partial charge in [-0.15, -0.1) is 0 Å². The number of hydrogen-bond donors (Lipinski definition) is 3. The smallest absolute Gasteiger partial charge is 0.204 e. The third kappa shape index (κ3) is 1.80. The molecule has 0 heterocycles. The van der Waals surface area contributed by atoms with Gasteiger partial charge in [0.05, 0.1) is 10.6 Å². The first-order valence-electron chi connectivity index (χ1n) is 3.86. The zero-order chi connectivity index (χ0) is 10.9. The van der Waals surface area contributed by atoms with E-state index in [9.17, 15) is 13.5 Å². The molecule has 0 spiro atoms. The average molecular weight is 217 g/mol. The summed E-state index contributed by atoms with van der Waals surface area (Å²) in [6.45, 7) is 1.14. The molecule has 0 aromatic heterocycles. The summed E-state index contributed by atoms with van der Waals surface area (Å²) >= 11 is 0. The fourth-order valence-electron chi connectivity index (χ4n) is 0.897. The third-order valence-corrected chi connectivity index (χ3v) is 3.59. The van der Waals surface area contributed by atoms with Gasteiger partial charge in [-0.25, -0.2) is 8.42 Å². The van der Waals surface area contributed by atoms with Crippen LogP contribution in [0.4, 0.5) is 5.69 Å². The van der Waals surface area contributed by atoms with Crippen LogP contribution in [0.2, 0.25) is 0 Å². The molecule has 0 saturated heterocycles. The minimum atomic E-state index is -3.78. The predicted octanol–water partition coefficient (Wildman–Crippen LogP) is 0.0864. The summed E-state index contributed by atoms with van der Waals surface area (Å²) in [5, 5.41) is 18.2. The molecule has 1 atom stereocenters. The molecule has 0 aliphatic rings. The van der Waals surface area contributed by atoms with E-state index in [0.29, 0.717) is 0 Å². The first-order valence-corrected chi connectivity index (χ1v) is 5.41. The molecule has 0 aliphatic carbocycles. The van der Waals surface area contributed by atoms with Crippen molar-refractivity contribution in [3.63, 3.8) is 0 Å². The molecular formula is C8H11NO4S. The Labute approximate surface area is 81.7 Å². The SMILES string of the molecule is CC(O)S(=O)(=O)c1ccc(N)c(O)c1. The molecule has 0 amide bonds. The van der Waals surface area contributed by atoms with Crippen molar-refractivity contribution in [2.24, 2.45) is 0 Å². The van der Waals surface area contributed by atoms with Crippen LogP contribution >= 0.6 is 0 Å². The number of aromatic hydroxyl groups is 1. The highest BCUT2D eigenvalue weighted by atomic mass is 32.2. The number of rotatable bonds is 2. The maximum absolute atomic E-state index is 11.4. The molecule has 6 heteroatoms. The summed E-state index contributed by atoms with van der Waals surface area (Å²) in [6, 6.07) is 3.51. The van der Waals surface area contributed by atoms with Crippen molar-refractivity contribution in [2.75, 3.05) is 5.73 Å². The molecule has 0 aliphatic heterocycles. The summed E-state index contributed by atoms with van der Waals surface area (Å²) in [5.41, 5.74) is 3.88. The molecule has 1 rings (SSSR count). The Morgan fingerprint density at radius 2 is 2.00 bits per heavy atom. The topological polar surface area (TPSA) is 101 Å². The van der Waals surface area contributed by atoms with Crippen LogP contribution in [0.5, 0.6) is 5.75 Å². The van der Waals surface area contributed by atoms with Crippen LogP contribution < -0.4 is 5.73 Å². The van der Waals surface area contributed by atoms with Crippen LogP contribution in [-0.4, -0.2) is 24.1 Å². The summed E-state index contributed by atoms with van der Waals surface area (Å²) in [7, 11) is -3.78. The van der Waals surface area contributed by atoms with Gasteiger partial charge in [-0.05, 0) is 19.1 Å². The standard InChI is InChI=1S/C8H11NO4S/c1-5(10)14(12,13)6-2-3-7(9)8(11)4-6/h2-5,10-11H,9H2,1H3. The van der Waals surface area contributed by atoms with Crippen molar-refractivity contribution in [3.05, 3.63) is 18.2 Å². The number of aliphatic hydroxyl groups excluding tert-OH is 1. The minimum absolute atomic E-state index is 0.0922. The van der Waals surface area contributed by atoms with E-state index in [1.807, 2.05) is 0 Å². The van der Waals surface area contributed by atoms with Crippen molar-refractivity contribution >= 4 is 15.5 Å². The van der Waals surface area contributed by atoms with E-state index in [1.165, 1.54) is 12.1 Å². The summed E-state index contributed by atoms with van der Waals surface area (Å²) in [6.07, 6.45) is 0. The normalized spacial score (nSPS) is 13.9. The summed E-state index contributed by atoms with van der Waals surface area (Å²) < 4.78 is 22.8. The highest BCUT2D eigenvalue weighted by Gasteiger charge is 2.21. The number of phenols is 1. The second-order valence-corrected chi connectivity index (χ2v) is 5.11. The number of nitrogens with two attached hydrogens (primary N) is 1. The third-order valence-electron chi connectivity index (χ3n) is 1.78.